The quantitative estimate of drug-likeness (QED) is 0.357. The SMILES string of the molecule is C=CCc1c[n+](CC=C)cn1CC=C.[I-]. The van der Waals surface area contributed by atoms with Gasteiger partial charge in [-0.2, -0.15) is 0 Å². The Kier molecular flexibility index (Phi) is 7.03. The zero-order valence-electron chi connectivity index (χ0n) is 8.90. The monoisotopic (exact) mass is 316 g/mol. The normalized spacial score (nSPS) is 9.07. The molecular weight excluding hydrogens is 299 g/mol. The lowest BCUT2D eigenvalue weighted by atomic mass is 10.3. The van der Waals surface area contributed by atoms with Crippen LogP contribution in [-0.2, 0) is 19.5 Å². The summed E-state index contributed by atoms with van der Waals surface area (Å²) in [6.45, 7) is 12.9. The smallest absolute Gasteiger partial charge is 0.244 e. The summed E-state index contributed by atoms with van der Waals surface area (Å²) in [5.74, 6) is 0. The van der Waals surface area contributed by atoms with Crippen molar-refractivity contribution in [3.05, 3.63) is 56.2 Å². The number of nitrogens with zero attached hydrogens (tertiary/aromatic N) is 2. The number of aromatic nitrogens is 2. The Morgan fingerprint density at radius 1 is 1.20 bits per heavy atom. The van der Waals surface area contributed by atoms with Crippen molar-refractivity contribution in [2.75, 3.05) is 0 Å². The molecule has 0 amide bonds. The Morgan fingerprint density at radius 2 is 1.93 bits per heavy atom. The molecule has 2 nitrogen and oxygen atoms in total. The van der Waals surface area contributed by atoms with Crippen LogP contribution in [0.5, 0.6) is 0 Å². The predicted molar refractivity (Wildman–Crippen MR) is 58.9 cm³/mol. The number of imidazole rings is 1. The standard InChI is InChI=1S/C12H17N2.HI/c1-4-7-12-10-13(8-5-2)11-14(12)9-6-3;/h4-6,10-11H,1-3,7-9H2;1H/q+1;/p-1. The molecule has 0 atom stereocenters. The molecule has 0 radical (unpaired) electrons. The zero-order valence-corrected chi connectivity index (χ0v) is 11.1. The number of hydrogen-bond acceptors (Lipinski definition) is 0. The summed E-state index contributed by atoms with van der Waals surface area (Å²) in [5, 5.41) is 0. The fourth-order valence-corrected chi connectivity index (χ4v) is 1.42. The predicted octanol–water partition coefficient (Wildman–Crippen LogP) is -1.12. The number of rotatable bonds is 6. The number of halogens is 1. The third-order valence-corrected chi connectivity index (χ3v) is 1.99. The maximum absolute atomic E-state index is 3.74. The van der Waals surface area contributed by atoms with E-state index >= 15 is 0 Å². The Hall–Kier alpha value is -0.840. The molecule has 15 heavy (non-hydrogen) atoms. The van der Waals surface area contributed by atoms with Gasteiger partial charge >= 0.3 is 0 Å². The van der Waals surface area contributed by atoms with Crippen molar-refractivity contribution in [2.45, 2.75) is 19.5 Å². The number of allylic oxidation sites excluding steroid dienone is 3. The molecule has 0 bridgehead atoms. The van der Waals surface area contributed by atoms with Crippen LogP contribution in [-0.4, -0.2) is 4.57 Å². The Morgan fingerprint density at radius 3 is 2.47 bits per heavy atom. The van der Waals surface area contributed by atoms with E-state index in [9.17, 15) is 0 Å². The van der Waals surface area contributed by atoms with Crippen molar-refractivity contribution in [3.8, 4) is 0 Å². The van der Waals surface area contributed by atoms with Gasteiger partial charge in [0.05, 0.1) is 0 Å². The van der Waals surface area contributed by atoms with Gasteiger partial charge < -0.3 is 24.0 Å². The minimum atomic E-state index is 0. The van der Waals surface area contributed by atoms with Crippen LogP contribution in [0.25, 0.3) is 0 Å². The van der Waals surface area contributed by atoms with Gasteiger partial charge in [0.1, 0.15) is 25.0 Å². The minimum Gasteiger partial charge on any atom is -1.00 e. The average Bonchev–Trinajstić information content (AvgIpc) is 2.50. The van der Waals surface area contributed by atoms with Crippen LogP contribution in [0.2, 0.25) is 0 Å². The second-order valence-corrected chi connectivity index (χ2v) is 3.16. The van der Waals surface area contributed by atoms with Gasteiger partial charge in [0.2, 0.25) is 6.33 Å². The van der Waals surface area contributed by atoms with Crippen molar-refractivity contribution in [3.63, 3.8) is 0 Å². The molecule has 1 aromatic rings. The first-order chi connectivity index (χ1) is 6.81. The van der Waals surface area contributed by atoms with Crippen LogP contribution in [0, 0.1) is 0 Å². The molecule has 0 fully saturated rings. The van der Waals surface area contributed by atoms with Gasteiger partial charge in [-0.25, -0.2) is 9.13 Å². The third-order valence-electron chi connectivity index (χ3n) is 1.99. The summed E-state index contributed by atoms with van der Waals surface area (Å²) < 4.78 is 4.27. The van der Waals surface area contributed by atoms with Crippen molar-refractivity contribution >= 4 is 0 Å². The first-order valence-corrected chi connectivity index (χ1v) is 4.72. The van der Waals surface area contributed by atoms with E-state index in [4.69, 9.17) is 0 Å². The van der Waals surface area contributed by atoms with Gasteiger partial charge in [0.15, 0.2) is 0 Å². The molecule has 3 heteroatoms. The van der Waals surface area contributed by atoms with E-state index in [1.165, 1.54) is 5.69 Å². The molecule has 0 aromatic carbocycles. The lowest BCUT2D eigenvalue weighted by Gasteiger charge is -1.92. The van der Waals surface area contributed by atoms with Crippen LogP contribution in [0.3, 0.4) is 0 Å². The van der Waals surface area contributed by atoms with E-state index in [0.717, 1.165) is 19.5 Å². The first kappa shape index (κ1) is 14.2. The molecule has 1 aromatic heterocycles. The highest BCUT2D eigenvalue weighted by Gasteiger charge is 2.09. The fraction of sp³-hybridized carbons (Fsp3) is 0.250. The maximum atomic E-state index is 3.74. The van der Waals surface area contributed by atoms with Crippen LogP contribution >= 0.6 is 0 Å². The van der Waals surface area contributed by atoms with Crippen molar-refractivity contribution in [1.29, 1.82) is 0 Å². The van der Waals surface area contributed by atoms with E-state index in [2.05, 4.69) is 41.4 Å². The van der Waals surface area contributed by atoms with Crippen LogP contribution in [0.4, 0.5) is 0 Å². The summed E-state index contributed by atoms with van der Waals surface area (Å²) in [7, 11) is 0. The second kappa shape index (κ2) is 7.45. The molecule has 0 aliphatic carbocycles. The lowest BCUT2D eigenvalue weighted by molar-refractivity contribution is -0.686. The van der Waals surface area contributed by atoms with Gasteiger partial charge in [0, 0.05) is 6.42 Å². The van der Waals surface area contributed by atoms with E-state index < -0.39 is 0 Å². The first-order valence-electron chi connectivity index (χ1n) is 4.72. The zero-order chi connectivity index (χ0) is 10.4. The highest BCUT2D eigenvalue weighted by molar-refractivity contribution is 5.00. The van der Waals surface area contributed by atoms with Crippen molar-refractivity contribution in [2.24, 2.45) is 0 Å². The Bertz CT molecular complexity index is 312. The van der Waals surface area contributed by atoms with E-state index in [1.54, 1.807) is 0 Å². The molecular formula is C12H17IN2. The highest BCUT2D eigenvalue weighted by atomic mass is 127. The largest absolute Gasteiger partial charge is 1.00 e. The molecule has 0 saturated heterocycles. The average molecular weight is 316 g/mol. The van der Waals surface area contributed by atoms with Crippen LogP contribution in [0.1, 0.15) is 5.69 Å². The van der Waals surface area contributed by atoms with Crippen molar-refractivity contribution < 1.29 is 28.5 Å². The summed E-state index contributed by atoms with van der Waals surface area (Å²) >= 11 is 0. The van der Waals surface area contributed by atoms with E-state index in [1.807, 2.05) is 18.2 Å². The van der Waals surface area contributed by atoms with E-state index in [0.29, 0.717) is 0 Å². The van der Waals surface area contributed by atoms with Gasteiger partial charge in [-0.3, -0.25) is 0 Å². The van der Waals surface area contributed by atoms with Gasteiger partial charge in [-0.05, 0) is 0 Å². The molecule has 0 N–H and O–H groups in total. The fourth-order valence-electron chi connectivity index (χ4n) is 1.42. The molecule has 0 unspecified atom stereocenters. The molecule has 1 rings (SSSR count). The van der Waals surface area contributed by atoms with E-state index in [-0.39, 0.29) is 24.0 Å². The highest BCUT2D eigenvalue weighted by Crippen LogP contribution is 2.00. The topological polar surface area (TPSA) is 8.81 Å². The van der Waals surface area contributed by atoms with Gasteiger partial charge in [0.25, 0.3) is 0 Å². The summed E-state index contributed by atoms with van der Waals surface area (Å²) in [6, 6.07) is 0. The second-order valence-electron chi connectivity index (χ2n) is 3.16. The minimum absolute atomic E-state index is 0. The molecule has 1 heterocycles. The van der Waals surface area contributed by atoms with Gasteiger partial charge in [-0.15, -0.1) is 6.58 Å². The molecule has 0 spiro atoms. The van der Waals surface area contributed by atoms with Gasteiger partial charge in [-0.1, -0.05) is 31.4 Å². The molecule has 0 aliphatic heterocycles. The summed E-state index contributed by atoms with van der Waals surface area (Å²) in [5.41, 5.74) is 1.25. The van der Waals surface area contributed by atoms with Crippen LogP contribution in [0.15, 0.2) is 50.5 Å². The van der Waals surface area contributed by atoms with Crippen molar-refractivity contribution in [1.82, 2.24) is 4.57 Å². The maximum Gasteiger partial charge on any atom is 0.244 e. The molecule has 0 saturated carbocycles. The lowest BCUT2D eigenvalue weighted by Crippen LogP contribution is -3.00. The molecule has 82 valence electrons. The van der Waals surface area contributed by atoms with Crippen LogP contribution < -0.4 is 28.5 Å². The Labute approximate surface area is 109 Å². The third kappa shape index (κ3) is 4.03. The number of hydrogen-bond donors (Lipinski definition) is 0. The summed E-state index contributed by atoms with van der Waals surface area (Å²) in [6.07, 6.45) is 10.8. The summed E-state index contributed by atoms with van der Waals surface area (Å²) in [4.78, 5) is 0. The molecule has 0 aliphatic rings. The Balaban J connectivity index is 0.00000196.